The van der Waals surface area contributed by atoms with E-state index in [0.29, 0.717) is 0 Å². The highest BCUT2D eigenvalue weighted by molar-refractivity contribution is 9.10. The molecule has 0 atom stereocenters. The Balaban J connectivity index is 2.02. The van der Waals surface area contributed by atoms with Crippen LogP contribution in [0, 0.1) is 6.92 Å². The monoisotopic (exact) mass is 373 g/mol. The van der Waals surface area contributed by atoms with E-state index in [9.17, 15) is 0 Å². The van der Waals surface area contributed by atoms with E-state index >= 15 is 0 Å². The van der Waals surface area contributed by atoms with Crippen LogP contribution < -0.4 is 0 Å². The SMILES string of the molecule is CCc1nnc2sc(-c3cc(C)nc4ccc(Br)cc34)nn12. The predicted molar refractivity (Wildman–Crippen MR) is 91.2 cm³/mol. The molecule has 0 aliphatic heterocycles. The van der Waals surface area contributed by atoms with Gasteiger partial charge in [0.15, 0.2) is 5.82 Å². The Bertz CT molecular complexity index is 1000. The summed E-state index contributed by atoms with van der Waals surface area (Å²) in [4.78, 5) is 5.42. The van der Waals surface area contributed by atoms with Gasteiger partial charge in [0.2, 0.25) is 4.96 Å². The molecule has 3 aromatic heterocycles. The zero-order valence-electron chi connectivity index (χ0n) is 12.0. The standard InChI is InChI=1S/C15H12BrN5S/c1-3-13-18-19-15-21(13)20-14(22-15)11-6-8(2)17-12-5-4-9(16)7-10(11)12/h4-7H,3H2,1-2H3. The van der Waals surface area contributed by atoms with Crippen LogP contribution in [0.3, 0.4) is 0 Å². The van der Waals surface area contributed by atoms with Crippen molar-refractivity contribution < 1.29 is 0 Å². The van der Waals surface area contributed by atoms with Crippen LogP contribution in [0.15, 0.2) is 28.7 Å². The Morgan fingerprint density at radius 1 is 1.23 bits per heavy atom. The highest BCUT2D eigenvalue weighted by Crippen LogP contribution is 2.33. The first kappa shape index (κ1) is 13.8. The maximum atomic E-state index is 4.70. The van der Waals surface area contributed by atoms with Gasteiger partial charge < -0.3 is 0 Å². The van der Waals surface area contributed by atoms with Crippen molar-refractivity contribution in [3.63, 3.8) is 0 Å². The molecular formula is C15H12BrN5S. The average molecular weight is 374 g/mol. The average Bonchev–Trinajstić information content (AvgIpc) is 3.06. The number of hydrogen-bond acceptors (Lipinski definition) is 5. The number of fused-ring (bicyclic) bond motifs is 2. The van der Waals surface area contributed by atoms with Gasteiger partial charge in [-0.2, -0.15) is 9.61 Å². The molecule has 0 N–H and O–H groups in total. The van der Waals surface area contributed by atoms with Gasteiger partial charge in [-0.15, -0.1) is 10.2 Å². The van der Waals surface area contributed by atoms with Crippen molar-refractivity contribution in [3.05, 3.63) is 40.3 Å². The number of aryl methyl sites for hydroxylation is 2. The normalized spacial score (nSPS) is 11.6. The summed E-state index contributed by atoms with van der Waals surface area (Å²) >= 11 is 5.09. The molecule has 0 saturated carbocycles. The lowest BCUT2D eigenvalue weighted by Crippen LogP contribution is -1.94. The highest BCUT2D eigenvalue weighted by atomic mass is 79.9. The zero-order valence-corrected chi connectivity index (χ0v) is 14.4. The molecule has 0 spiro atoms. The lowest BCUT2D eigenvalue weighted by molar-refractivity contribution is 0.838. The summed E-state index contributed by atoms with van der Waals surface area (Å²) in [5.74, 6) is 0.883. The minimum Gasteiger partial charge on any atom is -0.253 e. The largest absolute Gasteiger partial charge is 0.253 e. The molecule has 22 heavy (non-hydrogen) atoms. The predicted octanol–water partition coefficient (Wildman–Crippen LogP) is 4.03. The first-order valence-electron chi connectivity index (χ1n) is 6.94. The van der Waals surface area contributed by atoms with Crippen molar-refractivity contribution in [1.82, 2.24) is 24.8 Å². The summed E-state index contributed by atoms with van der Waals surface area (Å²) in [5, 5.41) is 15.1. The molecule has 0 radical (unpaired) electrons. The van der Waals surface area contributed by atoms with Crippen LogP contribution >= 0.6 is 27.3 Å². The molecule has 7 heteroatoms. The zero-order chi connectivity index (χ0) is 15.3. The summed E-state index contributed by atoms with van der Waals surface area (Å²) in [5.41, 5.74) is 3.03. The Morgan fingerprint density at radius 3 is 2.91 bits per heavy atom. The van der Waals surface area contributed by atoms with Gasteiger partial charge in [-0.05, 0) is 31.2 Å². The molecule has 0 unspecified atom stereocenters. The fraction of sp³-hybridized carbons (Fsp3) is 0.200. The molecule has 1 aromatic carbocycles. The molecule has 0 bridgehead atoms. The summed E-state index contributed by atoms with van der Waals surface area (Å²) in [7, 11) is 0. The molecule has 0 saturated heterocycles. The van der Waals surface area contributed by atoms with Crippen molar-refractivity contribution >= 4 is 43.1 Å². The van der Waals surface area contributed by atoms with E-state index < -0.39 is 0 Å². The molecule has 4 aromatic rings. The first-order valence-corrected chi connectivity index (χ1v) is 8.55. The highest BCUT2D eigenvalue weighted by Gasteiger charge is 2.15. The van der Waals surface area contributed by atoms with E-state index in [0.717, 1.165) is 48.8 Å². The second-order valence-electron chi connectivity index (χ2n) is 5.04. The first-order chi connectivity index (χ1) is 10.7. The second kappa shape index (κ2) is 5.10. The third-order valence-electron chi connectivity index (χ3n) is 3.50. The number of hydrogen-bond donors (Lipinski definition) is 0. The number of pyridine rings is 1. The quantitative estimate of drug-likeness (QED) is 0.532. The molecule has 110 valence electrons. The van der Waals surface area contributed by atoms with Crippen LogP contribution in [0.4, 0.5) is 0 Å². The van der Waals surface area contributed by atoms with Crippen LogP contribution in [-0.4, -0.2) is 24.8 Å². The van der Waals surface area contributed by atoms with Gasteiger partial charge in [-0.25, -0.2) is 0 Å². The lowest BCUT2D eigenvalue weighted by Gasteiger charge is -2.05. The van der Waals surface area contributed by atoms with Crippen LogP contribution in [0.25, 0.3) is 26.4 Å². The van der Waals surface area contributed by atoms with Crippen molar-refractivity contribution in [2.45, 2.75) is 20.3 Å². The minimum atomic E-state index is 0.812. The molecule has 3 heterocycles. The molecule has 0 aliphatic rings. The fourth-order valence-corrected chi connectivity index (χ4v) is 3.74. The number of benzene rings is 1. The lowest BCUT2D eigenvalue weighted by atomic mass is 10.1. The molecule has 4 rings (SSSR count). The van der Waals surface area contributed by atoms with Gasteiger partial charge in [0.1, 0.15) is 5.01 Å². The van der Waals surface area contributed by atoms with Crippen molar-refractivity contribution in [3.8, 4) is 10.6 Å². The van der Waals surface area contributed by atoms with Crippen LogP contribution in [0.2, 0.25) is 0 Å². The third-order valence-corrected chi connectivity index (χ3v) is 4.93. The molecular weight excluding hydrogens is 362 g/mol. The van der Waals surface area contributed by atoms with Gasteiger partial charge in [0.05, 0.1) is 5.52 Å². The van der Waals surface area contributed by atoms with E-state index in [2.05, 4.69) is 50.2 Å². The molecule has 0 amide bonds. The fourth-order valence-electron chi connectivity index (χ4n) is 2.49. The number of halogens is 1. The Labute approximate surface area is 139 Å². The summed E-state index contributed by atoms with van der Waals surface area (Å²) in [6.45, 7) is 4.06. The molecule has 5 nitrogen and oxygen atoms in total. The molecule has 0 fully saturated rings. The van der Waals surface area contributed by atoms with Crippen LogP contribution in [0.5, 0.6) is 0 Å². The maximum Gasteiger partial charge on any atom is 0.234 e. The van der Waals surface area contributed by atoms with E-state index in [1.54, 1.807) is 11.3 Å². The third kappa shape index (κ3) is 2.12. The van der Waals surface area contributed by atoms with Gasteiger partial charge in [0, 0.05) is 27.5 Å². The van der Waals surface area contributed by atoms with Gasteiger partial charge >= 0.3 is 0 Å². The number of aromatic nitrogens is 5. The van der Waals surface area contributed by atoms with Gasteiger partial charge in [-0.3, -0.25) is 4.98 Å². The van der Waals surface area contributed by atoms with Crippen molar-refractivity contribution in [1.29, 1.82) is 0 Å². The Hall–Kier alpha value is -1.86. The maximum absolute atomic E-state index is 4.70. The van der Waals surface area contributed by atoms with Crippen molar-refractivity contribution in [2.75, 3.05) is 0 Å². The number of rotatable bonds is 2. The van der Waals surface area contributed by atoms with E-state index in [4.69, 9.17) is 5.10 Å². The summed E-state index contributed by atoms with van der Waals surface area (Å²) in [6, 6.07) is 8.19. The molecule has 0 aliphatic carbocycles. The van der Waals surface area contributed by atoms with E-state index in [1.807, 2.05) is 23.6 Å². The second-order valence-corrected chi connectivity index (χ2v) is 6.92. The van der Waals surface area contributed by atoms with Gasteiger partial charge in [-0.1, -0.05) is 34.2 Å². The topological polar surface area (TPSA) is 56.0 Å². The van der Waals surface area contributed by atoms with Gasteiger partial charge in [0.25, 0.3) is 0 Å². The Morgan fingerprint density at radius 2 is 2.09 bits per heavy atom. The summed E-state index contributed by atoms with van der Waals surface area (Å²) in [6.07, 6.45) is 0.812. The minimum absolute atomic E-state index is 0.812. The summed E-state index contributed by atoms with van der Waals surface area (Å²) < 4.78 is 2.86. The smallest absolute Gasteiger partial charge is 0.234 e. The van der Waals surface area contributed by atoms with Crippen LogP contribution in [-0.2, 0) is 6.42 Å². The Kier molecular flexibility index (Phi) is 3.19. The van der Waals surface area contributed by atoms with Crippen LogP contribution in [0.1, 0.15) is 18.4 Å². The number of nitrogens with zero attached hydrogens (tertiary/aromatic N) is 5. The van der Waals surface area contributed by atoms with E-state index in [-0.39, 0.29) is 0 Å². The van der Waals surface area contributed by atoms with Crippen molar-refractivity contribution in [2.24, 2.45) is 0 Å². The van der Waals surface area contributed by atoms with E-state index in [1.165, 1.54) is 0 Å².